The summed E-state index contributed by atoms with van der Waals surface area (Å²) in [6.45, 7) is 4.54. The van der Waals surface area contributed by atoms with Crippen LogP contribution in [-0.4, -0.2) is 33.9 Å². The Hall–Kier alpha value is -2.43. The predicted octanol–water partition coefficient (Wildman–Crippen LogP) is 2.96. The van der Waals surface area contributed by atoms with Gasteiger partial charge in [0.1, 0.15) is 0 Å². The molecule has 1 saturated heterocycles. The first kappa shape index (κ1) is 15.5. The molecule has 3 rings (SSSR count). The zero-order valence-corrected chi connectivity index (χ0v) is 13.4. The highest BCUT2D eigenvalue weighted by atomic mass is 16.2. The molecular formula is C18H22N4O. The van der Waals surface area contributed by atoms with Crippen LogP contribution in [0.2, 0.25) is 0 Å². The number of aromatic nitrogens is 2. The molecule has 0 saturated carbocycles. The van der Waals surface area contributed by atoms with Crippen LogP contribution in [0.1, 0.15) is 35.7 Å². The number of carbonyl (C=O) groups excluding carboxylic acids is 1. The number of hydrogen-bond donors (Lipinski definition) is 1. The molecule has 1 unspecified atom stereocenters. The lowest BCUT2D eigenvalue weighted by Crippen LogP contribution is -2.39. The summed E-state index contributed by atoms with van der Waals surface area (Å²) >= 11 is 0. The molecular weight excluding hydrogens is 288 g/mol. The highest BCUT2D eigenvalue weighted by Crippen LogP contribution is 2.19. The molecule has 1 amide bonds. The zero-order chi connectivity index (χ0) is 16.1. The molecule has 3 heterocycles. The number of nitrogens with zero attached hydrogens (tertiary/aromatic N) is 3. The molecule has 0 spiro atoms. The minimum Gasteiger partial charge on any atom is -0.380 e. The third-order valence-electron chi connectivity index (χ3n) is 4.15. The molecule has 2 aromatic rings. The van der Waals surface area contributed by atoms with Crippen molar-refractivity contribution in [3.63, 3.8) is 0 Å². The molecule has 23 heavy (non-hydrogen) atoms. The molecule has 1 fully saturated rings. The highest BCUT2D eigenvalue weighted by Gasteiger charge is 2.22. The van der Waals surface area contributed by atoms with E-state index in [-0.39, 0.29) is 5.91 Å². The molecule has 0 aliphatic carbocycles. The van der Waals surface area contributed by atoms with Gasteiger partial charge >= 0.3 is 0 Å². The van der Waals surface area contributed by atoms with Crippen LogP contribution in [0.3, 0.4) is 0 Å². The van der Waals surface area contributed by atoms with Crippen LogP contribution < -0.4 is 5.32 Å². The van der Waals surface area contributed by atoms with Crippen molar-refractivity contribution in [3.8, 4) is 0 Å². The standard InChI is InChI=1S/C18H22N4O/c1-14-4-3-7-22(13-14)18(23)16-8-17(12-20-11-16)21-10-15-5-2-6-19-9-15/h2,5-6,8-9,11-12,14,21H,3-4,7,10,13H2,1H3. The van der Waals surface area contributed by atoms with Crippen LogP contribution >= 0.6 is 0 Å². The molecule has 0 radical (unpaired) electrons. The minimum atomic E-state index is 0.0778. The van der Waals surface area contributed by atoms with Crippen LogP contribution in [0.15, 0.2) is 43.0 Å². The average Bonchev–Trinajstić information content (AvgIpc) is 2.60. The van der Waals surface area contributed by atoms with Gasteiger partial charge in [0.15, 0.2) is 0 Å². The summed E-state index contributed by atoms with van der Waals surface area (Å²) in [5, 5.41) is 3.29. The molecule has 2 aromatic heterocycles. The van der Waals surface area contributed by atoms with Crippen LogP contribution in [0, 0.1) is 5.92 Å². The van der Waals surface area contributed by atoms with Crippen molar-refractivity contribution in [2.45, 2.75) is 26.3 Å². The summed E-state index contributed by atoms with van der Waals surface area (Å²) in [7, 11) is 0. The Morgan fingerprint density at radius 2 is 2.26 bits per heavy atom. The van der Waals surface area contributed by atoms with Gasteiger partial charge < -0.3 is 10.2 Å². The number of nitrogens with one attached hydrogen (secondary N) is 1. The van der Waals surface area contributed by atoms with Crippen molar-refractivity contribution in [2.24, 2.45) is 5.92 Å². The molecule has 5 nitrogen and oxygen atoms in total. The van der Waals surface area contributed by atoms with E-state index in [0.29, 0.717) is 18.0 Å². The van der Waals surface area contributed by atoms with Crippen molar-refractivity contribution in [1.82, 2.24) is 14.9 Å². The lowest BCUT2D eigenvalue weighted by Gasteiger charge is -2.31. The number of rotatable bonds is 4. The second-order valence-corrected chi connectivity index (χ2v) is 6.18. The number of pyridine rings is 2. The first-order chi connectivity index (χ1) is 11.2. The van der Waals surface area contributed by atoms with Crippen LogP contribution in [0.4, 0.5) is 5.69 Å². The lowest BCUT2D eigenvalue weighted by atomic mass is 10.00. The van der Waals surface area contributed by atoms with Crippen molar-refractivity contribution in [2.75, 3.05) is 18.4 Å². The smallest absolute Gasteiger partial charge is 0.255 e. The Bertz CT molecular complexity index is 659. The van der Waals surface area contributed by atoms with E-state index < -0.39 is 0 Å². The normalized spacial score (nSPS) is 17.8. The largest absolute Gasteiger partial charge is 0.380 e. The minimum absolute atomic E-state index is 0.0778. The molecule has 1 atom stereocenters. The molecule has 1 aliphatic rings. The van der Waals surface area contributed by atoms with E-state index in [2.05, 4.69) is 22.2 Å². The van der Waals surface area contributed by atoms with Gasteiger partial charge in [-0.2, -0.15) is 0 Å². The third kappa shape index (κ3) is 4.06. The van der Waals surface area contributed by atoms with Gasteiger partial charge in [0, 0.05) is 44.4 Å². The van der Waals surface area contributed by atoms with E-state index in [1.54, 1.807) is 18.6 Å². The number of likely N-dealkylation sites (tertiary alicyclic amines) is 1. The quantitative estimate of drug-likeness (QED) is 0.943. The van der Waals surface area contributed by atoms with Crippen molar-refractivity contribution < 1.29 is 4.79 Å². The molecule has 1 N–H and O–H groups in total. The molecule has 1 aliphatic heterocycles. The fourth-order valence-corrected chi connectivity index (χ4v) is 2.92. The van der Waals surface area contributed by atoms with E-state index in [1.807, 2.05) is 29.3 Å². The Morgan fingerprint density at radius 3 is 3.04 bits per heavy atom. The summed E-state index contributed by atoms with van der Waals surface area (Å²) in [6, 6.07) is 5.80. The fourth-order valence-electron chi connectivity index (χ4n) is 2.92. The van der Waals surface area contributed by atoms with Crippen molar-refractivity contribution in [3.05, 3.63) is 54.1 Å². The Labute approximate surface area is 136 Å². The van der Waals surface area contributed by atoms with Gasteiger partial charge in [-0.1, -0.05) is 13.0 Å². The summed E-state index contributed by atoms with van der Waals surface area (Å²) in [5.74, 6) is 0.654. The number of anilines is 1. The van der Waals surface area contributed by atoms with Crippen LogP contribution in [0.5, 0.6) is 0 Å². The van der Waals surface area contributed by atoms with Crippen LogP contribution in [0.25, 0.3) is 0 Å². The first-order valence-electron chi connectivity index (χ1n) is 8.09. The van der Waals surface area contributed by atoms with Crippen molar-refractivity contribution in [1.29, 1.82) is 0 Å². The second kappa shape index (κ2) is 7.22. The van der Waals surface area contributed by atoms with Gasteiger partial charge in [-0.15, -0.1) is 0 Å². The van der Waals surface area contributed by atoms with Gasteiger partial charge in [-0.25, -0.2) is 0 Å². The van der Waals surface area contributed by atoms with Gasteiger partial charge in [0.25, 0.3) is 5.91 Å². The van der Waals surface area contributed by atoms with Gasteiger partial charge in [-0.3, -0.25) is 14.8 Å². The Balaban J connectivity index is 1.66. The summed E-state index contributed by atoms with van der Waals surface area (Å²) in [5.41, 5.74) is 2.59. The Morgan fingerprint density at radius 1 is 1.35 bits per heavy atom. The fraction of sp³-hybridized carbons (Fsp3) is 0.389. The molecule has 5 heteroatoms. The SMILES string of the molecule is CC1CCCN(C(=O)c2cncc(NCc3cccnc3)c2)C1. The van der Waals surface area contributed by atoms with E-state index >= 15 is 0 Å². The Kier molecular flexibility index (Phi) is 4.86. The van der Waals surface area contributed by atoms with Gasteiger partial charge in [-0.05, 0) is 36.5 Å². The number of carbonyl (C=O) groups is 1. The maximum atomic E-state index is 12.6. The van der Waals surface area contributed by atoms with Crippen molar-refractivity contribution >= 4 is 11.6 Å². The monoisotopic (exact) mass is 310 g/mol. The third-order valence-corrected chi connectivity index (χ3v) is 4.15. The number of amides is 1. The molecule has 0 bridgehead atoms. The topological polar surface area (TPSA) is 58.1 Å². The molecule has 0 aromatic carbocycles. The molecule has 120 valence electrons. The van der Waals surface area contributed by atoms with Crippen LogP contribution in [-0.2, 0) is 6.54 Å². The lowest BCUT2D eigenvalue weighted by molar-refractivity contribution is 0.0682. The summed E-state index contributed by atoms with van der Waals surface area (Å²) in [6.07, 6.45) is 9.26. The van der Waals surface area contributed by atoms with Gasteiger partial charge in [0.2, 0.25) is 0 Å². The maximum absolute atomic E-state index is 12.6. The van der Waals surface area contributed by atoms with Gasteiger partial charge in [0.05, 0.1) is 11.3 Å². The predicted molar refractivity (Wildman–Crippen MR) is 90.1 cm³/mol. The summed E-state index contributed by atoms with van der Waals surface area (Å²) < 4.78 is 0. The highest BCUT2D eigenvalue weighted by molar-refractivity contribution is 5.94. The first-order valence-corrected chi connectivity index (χ1v) is 8.09. The van der Waals surface area contributed by atoms with E-state index in [9.17, 15) is 4.79 Å². The van der Waals surface area contributed by atoms with E-state index in [1.165, 1.54) is 6.42 Å². The second-order valence-electron chi connectivity index (χ2n) is 6.18. The summed E-state index contributed by atoms with van der Waals surface area (Å²) in [4.78, 5) is 22.9. The zero-order valence-electron chi connectivity index (χ0n) is 13.4. The number of hydrogen-bond acceptors (Lipinski definition) is 4. The van der Waals surface area contributed by atoms with E-state index in [4.69, 9.17) is 0 Å². The van der Waals surface area contributed by atoms with E-state index in [0.717, 1.165) is 30.8 Å². The maximum Gasteiger partial charge on any atom is 0.255 e. The number of piperidine rings is 1. The average molecular weight is 310 g/mol.